The molecule has 0 aliphatic heterocycles. The van der Waals surface area contributed by atoms with Crippen LogP contribution in [0.3, 0.4) is 0 Å². The Morgan fingerprint density at radius 3 is 2.82 bits per heavy atom. The number of nitro groups is 1. The van der Waals surface area contributed by atoms with Crippen molar-refractivity contribution in [3.8, 4) is 5.75 Å². The lowest BCUT2D eigenvalue weighted by Crippen LogP contribution is -2.20. The first-order chi connectivity index (χ1) is 10.6. The zero-order valence-corrected chi connectivity index (χ0v) is 12.5. The monoisotopic (exact) mass is 322 g/mol. The fraction of sp³-hybridized carbons (Fsp3) is 0.429. The van der Waals surface area contributed by atoms with Crippen LogP contribution in [0.1, 0.15) is 41.8 Å². The van der Waals surface area contributed by atoms with E-state index in [0.29, 0.717) is 4.83 Å². The Bertz CT molecular complexity index is 736. The Hall–Kier alpha value is -2.22. The van der Waals surface area contributed by atoms with Crippen molar-refractivity contribution in [2.45, 2.75) is 38.2 Å². The van der Waals surface area contributed by atoms with E-state index < -0.39 is 10.9 Å². The molecule has 1 N–H and O–H groups in total. The van der Waals surface area contributed by atoms with Crippen molar-refractivity contribution in [3.63, 3.8) is 0 Å². The molecule has 116 valence electrons. The van der Waals surface area contributed by atoms with Gasteiger partial charge >= 0.3 is 5.97 Å². The van der Waals surface area contributed by atoms with Crippen molar-refractivity contribution in [2.24, 2.45) is 0 Å². The van der Waals surface area contributed by atoms with Crippen molar-refractivity contribution < 1.29 is 19.6 Å². The summed E-state index contributed by atoms with van der Waals surface area (Å²) in [6.07, 6.45) is 5.87. The van der Waals surface area contributed by atoms with Gasteiger partial charge in [-0.2, -0.15) is 0 Å². The molecule has 3 rings (SSSR count). The second-order valence-corrected chi connectivity index (χ2v) is 6.25. The second-order valence-electron chi connectivity index (χ2n) is 5.25. The Kier molecular flexibility index (Phi) is 3.93. The molecule has 2 heterocycles. The molecule has 0 amide bonds. The quantitative estimate of drug-likeness (QED) is 0.528. The molecule has 0 aromatic carbocycles. The van der Waals surface area contributed by atoms with Gasteiger partial charge in [0.2, 0.25) is 0 Å². The number of ether oxygens (including phenoxy) is 1. The third kappa shape index (κ3) is 2.74. The molecular formula is C14H14N2O5S. The van der Waals surface area contributed by atoms with Gasteiger partial charge in [-0.25, -0.2) is 9.78 Å². The van der Waals surface area contributed by atoms with E-state index in [1.165, 1.54) is 6.07 Å². The Morgan fingerprint density at radius 2 is 2.14 bits per heavy atom. The van der Waals surface area contributed by atoms with Crippen LogP contribution in [0.25, 0.3) is 10.2 Å². The number of fused-ring (bicyclic) bond motifs is 1. The fourth-order valence-corrected chi connectivity index (χ4v) is 3.49. The molecule has 8 heteroatoms. The predicted molar refractivity (Wildman–Crippen MR) is 80.2 cm³/mol. The summed E-state index contributed by atoms with van der Waals surface area (Å²) in [7, 11) is 0. The Labute approximate surface area is 129 Å². The van der Waals surface area contributed by atoms with Crippen LogP contribution in [-0.4, -0.2) is 27.1 Å². The maximum absolute atomic E-state index is 12.2. The van der Waals surface area contributed by atoms with Crippen molar-refractivity contribution in [1.29, 1.82) is 0 Å². The van der Waals surface area contributed by atoms with Gasteiger partial charge in [-0.05, 0) is 25.7 Å². The molecular weight excluding hydrogens is 308 g/mol. The van der Waals surface area contributed by atoms with E-state index >= 15 is 0 Å². The van der Waals surface area contributed by atoms with Gasteiger partial charge in [0.05, 0.1) is 10.3 Å². The third-order valence-electron chi connectivity index (χ3n) is 3.73. The summed E-state index contributed by atoms with van der Waals surface area (Å²) >= 11 is 0.983. The molecule has 22 heavy (non-hydrogen) atoms. The summed E-state index contributed by atoms with van der Waals surface area (Å²) in [5, 5.41) is 21.1. The van der Waals surface area contributed by atoms with Gasteiger partial charge in [0.15, 0.2) is 10.6 Å². The summed E-state index contributed by atoms with van der Waals surface area (Å²) in [6.45, 7) is 0. The number of hydrogen-bond acceptors (Lipinski definition) is 7. The van der Waals surface area contributed by atoms with E-state index in [9.17, 15) is 20.0 Å². The van der Waals surface area contributed by atoms with Crippen LogP contribution in [0.2, 0.25) is 0 Å². The minimum absolute atomic E-state index is 0.0496. The summed E-state index contributed by atoms with van der Waals surface area (Å²) in [5.74, 6) is -0.882. The predicted octanol–water partition coefficient (Wildman–Crippen LogP) is 3.40. The number of rotatable bonds is 3. The van der Waals surface area contributed by atoms with E-state index in [-0.39, 0.29) is 27.8 Å². The highest BCUT2D eigenvalue weighted by Crippen LogP contribution is 2.38. The normalized spacial score (nSPS) is 15.8. The molecule has 1 fully saturated rings. The molecule has 1 aliphatic rings. The van der Waals surface area contributed by atoms with Crippen LogP contribution >= 0.6 is 11.3 Å². The number of nitrogens with zero attached hydrogens (tertiary/aromatic N) is 2. The van der Waals surface area contributed by atoms with Crippen LogP contribution in [-0.2, 0) is 4.74 Å². The van der Waals surface area contributed by atoms with Crippen LogP contribution in [0.15, 0.2) is 12.3 Å². The Morgan fingerprint density at radius 1 is 1.41 bits per heavy atom. The van der Waals surface area contributed by atoms with Gasteiger partial charge in [0, 0.05) is 6.07 Å². The highest BCUT2D eigenvalue weighted by Gasteiger charge is 2.25. The number of hydrogen-bond donors (Lipinski definition) is 1. The third-order valence-corrected chi connectivity index (χ3v) is 4.81. The minimum Gasteiger partial charge on any atom is -0.505 e. The molecule has 2 aromatic heterocycles. The lowest BCUT2D eigenvalue weighted by molar-refractivity contribution is -0.385. The van der Waals surface area contributed by atoms with Crippen molar-refractivity contribution in [2.75, 3.05) is 0 Å². The molecule has 1 aliphatic carbocycles. The van der Waals surface area contributed by atoms with Crippen molar-refractivity contribution in [3.05, 3.63) is 27.3 Å². The number of thiophene rings is 1. The number of aromatic hydroxyl groups is 1. The highest BCUT2D eigenvalue weighted by atomic mass is 32.1. The van der Waals surface area contributed by atoms with Gasteiger partial charge in [-0.1, -0.05) is 6.42 Å². The van der Waals surface area contributed by atoms with E-state index in [4.69, 9.17) is 4.74 Å². The van der Waals surface area contributed by atoms with E-state index in [0.717, 1.165) is 49.6 Å². The Balaban J connectivity index is 1.88. The summed E-state index contributed by atoms with van der Waals surface area (Å²) in [5.41, 5.74) is -0.229. The smallest absolute Gasteiger partial charge is 0.352 e. The zero-order chi connectivity index (χ0) is 15.7. The lowest BCUT2D eigenvalue weighted by Gasteiger charge is -2.21. The summed E-state index contributed by atoms with van der Waals surface area (Å²) in [4.78, 5) is 26.7. The van der Waals surface area contributed by atoms with E-state index in [2.05, 4.69) is 4.98 Å². The second kappa shape index (κ2) is 5.88. The van der Waals surface area contributed by atoms with Crippen LogP contribution in [0.4, 0.5) is 5.69 Å². The standard InChI is InChI=1S/C14H14N2O5S/c17-11-10-6-8(16(19)20)7-15-13(10)22-12(11)14(18)21-9-4-2-1-3-5-9/h6-7,9,17H,1-5H2. The topological polar surface area (TPSA) is 103 Å². The molecule has 0 spiro atoms. The van der Waals surface area contributed by atoms with E-state index in [1.54, 1.807) is 0 Å². The van der Waals surface area contributed by atoms with Crippen LogP contribution < -0.4 is 0 Å². The summed E-state index contributed by atoms with van der Waals surface area (Å²) in [6, 6.07) is 1.21. The zero-order valence-electron chi connectivity index (χ0n) is 11.7. The molecule has 7 nitrogen and oxygen atoms in total. The number of pyridine rings is 1. The average Bonchev–Trinajstić information content (AvgIpc) is 2.85. The molecule has 0 atom stereocenters. The lowest BCUT2D eigenvalue weighted by atomic mass is 9.98. The number of carbonyl (C=O) groups is 1. The molecule has 2 aromatic rings. The van der Waals surface area contributed by atoms with Gasteiger partial charge in [0.25, 0.3) is 5.69 Å². The van der Waals surface area contributed by atoms with Crippen molar-refractivity contribution in [1.82, 2.24) is 4.98 Å². The largest absolute Gasteiger partial charge is 0.505 e. The number of carbonyl (C=O) groups excluding carboxylic acids is 1. The minimum atomic E-state index is -0.594. The first-order valence-corrected chi connectivity index (χ1v) is 7.85. The molecule has 1 saturated carbocycles. The van der Waals surface area contributed by atoms with Crippen LogP contribution in [0.5, 0.6) is 5.75 Å². The fourth-order valence-electron chi connectivity index (χ4n) is 2.59. The van der Waals surface area contributed by atoms with E-state index in [1.807, 2.05) is 0 Å². The first-order valence-electron chi connectivity index (χ1n) is 7.03. The maximum Gasteiger partial charge on any atom is 0.352 e. The summed E-state index contributed by atoms with van der Waals surface area (Å²) < 4.78 is 5.42. The van der Waals surface area contributed by atoms with Gasteiger partial charge in [-0.15, -0.1) is 11.3 Å². The SMILES string of the molecule is O=C(OC1CCCCC1)c1sc2ncc([N+](=O)[O-])cc2c1O. The average molecular weight is 322 g/mol. The van der Waals surface area contributed by atoms with Gasteiger partial charge in [0.1, 0.15) is 17.1 Å². The number of esters is 1. The molecule has 0 bridgehead atoms. The maximum atomic E-state index is 12.2. The van der Waals surface area contributed by atoms with Crippen LogP contribution in [0, 0.1) is 10.1 Å². The molecule has 0 unspecified atom stereocenters. The van der Waals surface area contributed by atoms with Gasteiger partial charge < -0.3 is 9.84 Å². The number of aromatic nitrogens is 1. The van der Waals surface area contributed by atoms with Gasteiger partial charge in [-0.3, -0.25) is 10.1 Å². The molecule has 0 saturated heterocycles. The first kappa shape index (κ1) is 14.7. The van der Waals surface area contributed by atoms with Crippen molar-refractivity contribution >= 4 is 33.2 Å². The molecule has 0 radical (unpaired) electrons. The highest BCUT2D eigenvalue weighted by molar-refractivity contribution is 7.20.